The Kier molecular flexibility index (Phi) is 2.69. The van der Waals surface area contributed by atoms with Crippen molar-refractivity contribution in [3.8, 4) is 0 Å². The molecule has 1 rings (SSSR count). The smallest absolute Gasteiger partial charge is 0.405 e. The molecule has 0 saturated carbocycles. The van der Waals surface area contributed by atoms with Gasteiger partial charge in [0.05, 0.1) is 6.04 Å². The van der Waals surface area contributed by atoms with E-state index in [1.807, 2.05) is 37.3 Å². The average Bonchev–Trinajstić information content (AvgIpc) is 2.05. The van der Waals surface area contributed by atoms with Crippen LogP contribution in [0.3, 0.4) is 0 Å². The molecule has 64 valence electrons. The van der Waals surface area contributed by atoms with Crippen molar-refractivity contribution in [2.24, 2.45) is 0 Å². The van der Waals surface area contributed by atoms with Gasteiger partial charge < -0.3 is 10.4 Å². The SMILES string of the molecule is C[C@H](NC(=O)O)c1ccccc1. The van der Waals surface area contributed by atoms with Gasteiger partial charge in [0.1, 0.15) is 0 Å². The molecule has 12 heavy (non-hydrogen) atoms. The van der Waals surface area contributed by atoms with E-state index in [-0.39, 0.29) is 6.04 Å². The minimum atomic E-state index is -0.994. The Balaban J connectivity index is 2.65. The molecule has 0 aliphatic carbocycles. The van der Waals surface area contributed by atoms with E-state index in [9.17, 15) is 4.79 Å². The third kappa shape index (κ3) is 2.27. The summed E-state index contributed by atoms with van der Waals surface area (Å²) >= 11 is 0. The maximum absolute atomic E-state index is 10.3. The Bertz CT molecular complexity index is 258. The van der Waals surface area contributed by atoms with E-state index < -0.39 is 6.09 Å². The highest BCUT2D eigenvalue weighted by molar-refractivity contribution is 5.65. The van der Waals surface area contributed by atoms with Crippen molar-refractivity contribution < 1.29 is 9.90 Å². The Labute approximate surface area is 71.0 Å². The largest absolute Gasteiger partial charge is 0.465 e. The van der Waals surface area contributed by atoms with Gasteiger partial charge in [0, 0.05) is 0 Å². The van der Waals surface area contributed by atoms with Crippen molar-refractivity contribution in [1.82, 2.24) is 5.32 Å². The second-order valence-electron chi connectivity index (χ2n) is 2.58. The average molecular weight is 165 g/mol. The molecule has 3 nitrogen and oxygen atoms in total. The lowest BCUT2D eigenvalue weighted by atomic mass is 10.1. The van der Waals surface area contributed by atoms with Crippen LogP contribution in [0.2, 0.25) is 0 Å². The van der Waals surface area contributed by atoms with E-state index in [1.54, 1.807) is 0 Å². The first-order valence-electron chi connectivity index (χ1n) is 3.74. The summed E-state index contributed by atoms with van der Waals surface area (Å²) < 4.78 is 0. The Hall–Kier alpha value is -1.51. The quantitative estimate of drug-likeness (QED) is 0.704. The maximum Gasteiger partial charge on any atom is 0.405 e. The van der Waals surface area contributed by atoms with Crippen molar-refractivity contribution in [3.63, 3.8) is 0 Å². The van der Waals surface area contributed by atoms with E-state index in [4.69, 9.17) is 5.11 Å². The second kappa shape index (κ2) is 3.76. The summed E-state index contributed by atoms with van der Waals surface area (Å²) in [6, 6.07) is 9.30. The molecule has 0 heterocycles. The summed E-state index contributed by atoms with van der Waals surface area (Å²) in [6.07, 6.45) is -0.994. The minimum Gasteiger partial charge on any atom is -0.465 e. The van der Waals surface area contributed by atoms with Crippen molar-refractivity contribution in [2.75, 3.05) is 0 Å². The van der Waals surface area contributed by atoms with Crippen molar-refractivity contribution in [1.29, 1.82) is 0 Å². The first-order valence-corrected chi connectivity index (χ1v) is 3.74. The number of carbonyl (C=O) groups is 1. The number of hydrogen-bond donors (Lipinski definition) is 2. The van der Waals surface area contributed by atoms with Gasteiger partial charge in [-0.25, -0.2) is 4.79 Å². The fraction of sp³-hybridized carbons (Fsp3) is 0.222. The normalized spacial score (nSPS) is 12.1. The molecule has 1 amide bonds. The Morgan fingerprint density at radius 1 is 1.42 bits per heavy atom. The van der Waals surface area contributed by atoms with E-state index in [0.29, 0.717) is 0 Å². The summed E-state index contributed by atoms with van der Waals surface area (Å²) in [6.45, 7) is 1.81. The summed E-state index contributed by atoms with van der Waals surface area (Å²) in [4.78, 5) is 10.3. The molecule has 0 aliphatic heterocycles. The lowest BCUT2D eigenvalue weighted by Gasteiger charge is -2.10. The number of carboxylic acid groups (broad SMARTS) is 1. The van der Waals surface area contributed by atoms with Crippen LogP contribution in [0.1, 0.15) is 18.5 Å². The third-order valence-electron chi connectivity index (χ3n) is 1.64. The van der Waals surface area contributed by atoms with E-state index in [2.05, 4.69) is 5.32 Å². The standard InChI is InChI=1S/C9H11NO2/c1-7(10-9(11)12)8-5-3-2-4-6-8/h2-7,10H,1H3,(H,11,12)/t7-/m0/s1. The monoisotopic (exact) mass is 165 g/mol. The predicted molar refractivity (Wildman–Crippen MR) is 46.0 cm³/mol. The van der Waals surface area contributed by atoms with E-state index in [0.717, 1.165) is 5.56 Å². The van der Waals surface area contributed by atoms with E-state index >= 15 is 0 Å². The first kappa shape index (κ1) is 8.59. The molecule has 2 N–H and O–H groups in total. The highest BCUT2D eigenvalue weighted by Crippen LogP contribution is 2.10. The van der Waals surface area contributed by atoms with Crippen molar-refractivity contribution in [2.45, 2.75) is 13.0 Å². The molecule has 0 fully saturated rings. The van der Waals surface area contributed by atoms with Crippen LogP contribution in [0.5, 0.6) is 0 Å². The van der Waals surface area contributed by atoms with Crippen LogP contribution in [-0.2, 0) is 0 Å². The van der Waals surface area contributed by atoms with Crippen molar-refractivity contribution in [3.05, 3.63) is 35.9 Å². The molecule has 1 aromatic carbocycles. The van der Waals surface area contributed by atoms with Gasteiger partial charge in [0.25, 0.3) is 0 Å². The van der Waals surface area contributed by atoms with Crippen LogP contribution in [0, 0.1) is 0 Å². The summed E-state index contributed by atoms with van der Waals surface area (Å²) in [7, 11) is 0. The van der Waals surface area contributed by atoms with E-state index in [1.165, 1.54) is 0 Å². The zero-order valence-corrected chi connectivity index (χ0v) is 6.82. The number of amides is 1. The minimum absolute atomic E-state index is 0.149. The zero-order valence-electron chi connectivity index (χ0n) is 6.82. The molecule has 0 saturated heterocycles. The molecular weight excluding hydrogens is 154 g/mol. The van der Waals surface area contributed by atoms with Gasteiger partial charge in [0.15, 0.2) is 0 Å². The number of rotatable bonds is 2. The summed E-state index contributed by atoms with van der Waals surface area (Å²) in [5, 5.41) is 10.8. The van der Waals surface area contributed by atoms with Gasteiger partial charge in [-0.3, -0.25) is 0 Å². The molecule has 0 radical (unpaired) electrons. The molecule has 0 bridgehead atoms. The summed E-state index contributed by atoms with van der Waals surface area (Å²) in [5.74, 6) is 0. The fourth-order valence-electron chi connectivity index (χ4n) is 1.01. The highest BCUT2D eigenvalue weighted by atomic mass is 16.4. The van der Waals surface area contributed by atoms with Crippen LogP contribution in [0.15, 0.2) is 30.3 Å². The van der Waals surface area contributed by atoms with Gasteiger partial charge in [-0.1, -0.05) is 30.3 Å². The number of nitrogens with one attached hydrogen (secondary N) is 1. The number of benzene rings is 1. The van der Waals surface area contributed by atoms with Gasteiger partial charge in [-0.2, -0.15) is 0 Å². The molecule has 0 aliphatic rings. The molecule has 1 aromatic rings. The molecule has 3 heteroatoms. The molecule has 0 spiro atoms. The van der Waals surface area contributed by atoms with Crippen LogP contribution < -0.4 is 5.32 Å². The van der Waals surface area contributed by atoms with Gasteiger partial charge in [0.2, 0.25) is 0 Å². The molecule has 0 unspecified atom stereocenters. The topological polar surface area (TPSA) is 49.3 Å². The first-order chi connectivity index (χ1) is 5.70. The molecular formula is C9H11NO2. The van der Waals surface area contributed by atoms with Crippen LogP contribution in [0.25, 0.3) is 0 Å². The van der Waals surface area contributed by atoms with Crippen molar-refractivity contribution >= 4 is 6.09 Å². The predicted octanol–water partition coefficient (Wildman–Crippen LogP) is 2.02. The van der Waals surface area contributed by atoms with Crippen LogP contribution >= 0.6 is 0 Å². The lowest BCUT2D eigenvalue weighted by Crippen LogP contribution is -2.24. The highest BCUT2D eigenvalue weighted by Gasteiger charge is 2.05. The molecule has 0 aromatic heterocycles. The summed E-state index contributed by atoms with van der Waals surface area (Å²) in [5.41, 5.74) is 0.972. The van der Waals surface area contributed by atoms with Gasteiger partial charge >= 0.3 is 6.09 Å². The van der Waals surface area contributed by atoms with Gasteiger partial charge in [-0.05, 0) is 12.5 Å². The number of hydrogen-bond acceptors (Lipinski definition) is 1. The molecule has 1 atom stereocenters. The zero-order chi connectivity index (χ0) is 8.97. The fourth-order valence-corrected chi connectivity index (χ4v) is 1.01. The lowest BCUT2D eigenvalue weighted by molar-refractivity contribution is 0.191. The van der Waals surface area contributed by atoms with Crippen LogP contribution in [-0.4, -0.2) is 11.2 Å². The van der Waals surface area contributed by atoms with Gasteiger partial charge in [-0.15, -0.1) is 0 Å². The Morgan fingerprint density at radius 2 is 2.00 bits per heavy atom. The van der Waals surface area contributed by atoms with Crippen LogP contribution in [0.4, 0.5) is 4.79 Å². The maximum atomic E-state index is 10.3. The Morgan fingerprint density at radius 3 is 2.50 bits per heavy atom. The third-order valence-corrected chi connectivity index (χ3v) is 1.64. The second-order valence-corrected chi connectivity index (χ2v) is 2.58.